The highest BCUT2D eigenvalue weighted by atomic mass is 32.2. The maximum atomic E-state index is 13.0. The topological polar surface area (TPSA) is 55.5 Å². The first kappa shape index (κ1) is 20.6. The van der Waals surface area contributed by atoms with Crippen molar-refractivity contribution < 1.29 is 9.69 Å². The zero-order chi connectivity index (χ0) is 20.9. The van der Waals surface area contributed by atoms with Crippen molar-refractivity contribution in [2.24, 2.45) is 7.05 Å². The third-order valence-electron chi connectivity index (χ3n) is 5.58. The number of amides is 1. The lowest BCUT2D eigenvalue weighted by Crippen LogP contribution is -3.13. The number of nitrogens with zero attached hydrogens (tertiary/aromatic N) is 4. The average molecular weight is 423 g/mol. The Bertz CT molecular complexity index is 968. The Kier molecular flexibility index (Phi) is 6.50. The monoisotopic (exact) mass is 422 g/mol. The molecule has 30 heavy (non-hydrogen) atoms. The third kappa shape index (κ3) is 4.74. The lowest BCUT2D eigenvalue weighted by Gasteiger charge is -2.33. The van der Waals surface area contributed by atoms with Crippen molar-refractivity contribution in [3.8, 4) is 11.4 Å². The third-order valence-corrected chi connectivity index (χ3v) is 6.70. The van der Waals surface area contributed by atoms with Crippen LogP contribution in [0.15, 0.2) is 65.8 Å². The minimum Gasteiger partial charge on any atom is -0.330 e. The maximum absolute atomic E-state index is 13.0. The highest BCUT2D eigenvalue weighted by Crippen LogP contribution is 2.26. The number of hydrogen-bond donors (Lipinski definition) is 1. The molecule has 1 N–H and O–H groups in total. The van der Waals surface area contributed by atoms with Crippen molar-refractivity contribution in [3.63, 3.8) is 0 Å². The second-order valence-corrected chi connectivity index (χ2v) is 9.04. The van der Waals surface area contributed by atoms with Gasteiger partial charge in [-0.15, -0.1) is 10.2 Å². The van der Waals surface area contributed by atoms with Crippen LogP contribution in [0.1, 0.15) is 12.5 Å². The van der Waals surface area contributed by atoms with Crippen LogP contribution in [0.3, 0.4) is 0 Å². The van der Waals surface area contributed by atoms with E-state index in [2.05, 4.69) is 40.5 Å². The number of quaternary nitrogens is 1. The molecular formula is C23H28N5OS+. The van der Waals surface area contributed by atoms with Gasteiger partial charge >= 0.3 is 0 Å². The van der Waals surface area contributed by atoms with Gasteiger partial charge < -0.3 is 14.4 Å². The summed E-state index contributed by atoms with van der Waals surface area (Å²) in [7, 11) is 1.95. The molecule has 0 saturated carbocycles. The molecular weight excluding hydrogens is 394 g/mol. The molecule has 1 aliphatic rings. The fourth-order valence-corrected chi connectivity index (χ4v) is 4.73. The summed E-state index contributed by atoms with van der Waals surface area (Å²) in [5.74, 6) is 0.999. The second-order valence-electron chi connectivity index (χ2n) is 7.73. The SMILES string of the molecule is C[C@H](Sc1nnc(-c2ccccc2)n1C)C(=O)N1CC[NH+](Cc2ccccc2)CC1. The number of thioether (sulfide) groups is 1. The summed E-state index contributed by atoms with van der Waals surface area (Å²) in [6, 6.07) is 20.6. The first-order valence-corrected chi connectivity index (χ1v) is 11.3. The second kappa shape index (κ2) is 9.45. The van der Waals surface area contributed by atoms with Crippen LogP contribution < -0.4 is 4.90 Å². The highest BCUT2D eigenvalue weighted by molar-refractivity contribution is 8.00. The molecule has 2 aromatic carbocycles. The first-order chi connectivity index (χ1) is 14.6. The summed E-state index contributed by atoms with van der Waals surface area (Å²) >= 11 is 1.48. The van der Waals surface area contributed by atoms with E-state index in [1.54, 1.807) is 0 Å². The smallest absolute Gasteiger partial charge is 0.236 e. The Morgan fingerprint density at radius 2 is 1.67 bits per heavy atom. The van der Waals surface area contributed by atoms with Crippen LogP contribution in [0.25, 0.3) is 11.4 Å². The normalized spacial score (nSPS) is 15.9. The largest absolute Gasteiger partial charge is 0.330 e. The molecule has 1 aromatic heterocycles. The van der Waals surface area contributed by atoms with Gasteiger partial charge in [0.15, 0.2) is 11.0 Å². The summed E-state index contributed by atoms with van der Waals surface area (Å²) < 4.78 is 1.96. The van der Waals surface area contributed by atoms with Gasteiger partial charge in [-0.25, -0.2) is 0 Å². The van der Waals surface area contributed by atoms with Crippen molar-refractivity contribution in [2.45, 2.75) is 23.9 Å². The number of rotatable bonds is 6. The van der Waals surface area contributed by atoms with Gasteiger partial charge in [-0.2, -0.15) is 0 Å². The number of piperazine rings is 1. The molecule has 1 saturated heterocycles. The standard InChI is InChI=1S/C23H27N5OS/c1-18(30-23-25-24-21(26(23)2)20-11-7-4-8-12-20)22(29)28-15-13-27(14-16-28)17-19-9-5-3-6-10-19/h3-12,18H,13-17H2,1-2H3/p+1/t18-/m0/s1. The van der Waals surface area contributed by atoms with Crippen LogP contribution in [0.4, 0.5) is 0 Å². The van der Waals surface area contributed by atoms with Gasteiger partial charge in [0, 0.05) is 18.2 Å². The van der Waals surface area contributed by atoms with Crippen LogP contribution in [-0.4, -0.2) is 57.0 Å². The van der Waals surface area contributed by atoms with Crippen molar-refractivity contribution in [3.05, 3.63) is 66.2 Å². The lowest BCUT2D eigenvalue weighted by atomic mass is 10.2. The van der Waals surface area contributed by atoms with Crippen molar-refractivity contribution in [2.75, 3.05) is 26.2 Å². The molecule has 1 amide bonds. The zero-order valence-corrected chi connectivity index (χ0v) is 18.3. The van der Waals surface area contributed by atoms with Crippen molar-refractivity contribution >= 4 is 17.7 Å². The van der Waals surface area contributed by atoms with Gasteiger partial charge in [0.25, 0.3) is 0 Å². The van der Waals surface area contributed by atoms with Crippen LogP contribution in [0, 0.1) is 0 Å². The van der Waals surface area contributed by atoms with E-state index in [0.717, 1.165) is 49.3 Å². The Morgan fingerprint density at radius 1 is 1.03 bits per heavy atom. The molecule has 2 heterocycles. The minimum atomic E-state index is -0.188. The number of hydrogen-bond acceptors (Lipinski definition) is 4. The molecule has 0 spiro atoms. The molecule has 0 unspecified atom stereocenters. The van der Waals surface area contributed by atoms with Gasteiger partial charge in [-0.05, 0) is 6.92 Å². The van der Waals surface area contributed by atoms with E-state index < -0.39 is 0 Å². The molecule has 156 valence electrons. The van der Waals surface area contributed by atoms with E-state index in [0.29, 0.717) is 0 Å². The molecule has 0 bridgehead atoms. The van der Waals surface area contributed by atoms with Crippen LogP contribution in [0.2, 0.25) is 0 Å². The van der Waals surface area contributed by atoms with Gasteiger partial charge in [0.05, 0.1) is 31.4 Å². The van der Waals surface area contributed by atoms with Crippen molar-refractivity contribution in [1.82, 2.24) is 19.7 Å². The molecule has 0 radical (unpaired) electrons. The summed E-state index contributed by atoms with van der Waals surface area (Å²) in [5.41, 5.74) is 2.38. The number of aromatic nitrogens is 3. The summed E-state index contributed by atoms with van der Waals surface area (Å²) in [6.07, 6.45) is 0. The number of nitrogens with one attached hydrogen (secondary N) is 1. The number of benzene rings is 2. The van der Waals surface area contributed by atoms with Gasteiger partial charge in [-0.3, -0.25) is 4.79 Å². The van der Waals surface area contributed by atoms with E-state index in [4.69, 9.17) is 0 Å². The molecule has 1 aliphatic heterocycles. The zero-order valence-electron chi connectivity index (χ0n) is 17.5. The quantitative estimate of drug-likeness (QED) is 0.617. The molecule has 6 nitrogen and oxygen atoms in total. The number of carbonyl (C=O) groups is 1. The fraction of sp³-hybridized carbons (Fsp3) is 0.348. The van der Waals surface area contributed by atoms with Crippen LogP contribution in [-0.2, 0) is 18.4 Å². The highest BCUT2D eigenvalue weighted by Gasteiger charge is 2.28. The van der Waals surface area contributed by atoms with Gasteiger partial charge in [0.2, 0.25) is 5.91 Å². The van der Waals surface area contributed by atoms with Crippen LogP contribution >= 0.6 is 11.8 Å². The summed E-state index contributed by atoms with van der Waals surface area (Å²) in [6.45, 7) is 6.57. The molecule has 4 rings (SSSR count). The minimum absolute atomic E-state index is 0.183. The Balaban J connectivity index is 1.32. The molecule has 1 fully saturated rings. The molecule has 7 heteroatoms. The predicted molar refractivity (Wildman–Crippen MR) is 119 cm³/mol. The molecule has 3 aromatic rings. The molecule has 1 atom stereocenters. The van der Waals surface area contributed by atoms with E-state index in [9.17, 15) is 4.79 Å². The van der Waals surface area contributed by atoms with E-state index in [1.165, 1.54) is 22.2 Å². The first-order valence-electron chi connectivity index (χ1n) is 10.4. The Labute approximate surface area is 181 Å². The van der Waals surface area contributed by atoms with Crippen molar-refractivity contribution in [1.29, 1.82) is 0 Å². The lowest BCUT2D eigenvalue weighted by molar-refractivity contribution is -0.917. The van der Waals surface area contributed by atoms with Crippen LogP contribution in [0.5, 0.6) is 0 Å². The van der Waals surface area contributed by atoms with Gasteiger partial charge in [0.1, 0.15) is 6.54 Å². The van der Waals surface area contributed by atoms with Gasteiger partial charge in [-0.1, -0.05) is 72.4 Å². The average Bonchev–Trinajstić information content (AvgIpc) is 3.15. The van der Waals surface area contributed by atoms with E-state index >= 15 is 0 Å². The summed E-state index contributed by atoms with van der Waals surface area (Å²) in [5, 5.41) is 9.22. The molecule has 0 aliphatic carbocycles. The predicted octanol–water partition coefficient (Wildman–Crippen LogP) is 1.89. The number of carbonyl (C=O) groups excluding carboxylic acids is 1. The maximum Gasteiger partial charge on any atom is 0.236 e. The fourth-order valence-electron chi connectivity index (χ4n) is 3.83. The Morgan fingerprint density at radius 3 is 2.33 bits per heavy atom. The van der Waals surface area contributed by atoms with E-state index in [-0.39, 0.29) is 11.2 Å². The Hall–Kier alpha value is -2.64. The summed E-state index contributed by atoms with van der Waals surface area (Å²) in [4.78, 5) is 16.5. The van der Waals surface area contributed by atoms with E-state index in [1.807, 2.05) is 53.8 Å².